The molecule has 6 aromatic rings. The van der Waals surface area contributed by atoms with Crippen LogP contribution in [0.5, 0.6) is 0 Å². The fourth-order valence-corrected chi connectivity index (χ4v) is 6.24. The van der Waals surface area contributed by atoms with E-state index in [4.69, 9.17) is 10.4 Å². The van der Waals surface area contributed by atoms with Gasteiger partial charge < -0.3 is 10.0 Å². The molecule has 0 bridgehead atoms. The van der Waals surface area contributed by atoms with E-state index >= 15 is 0 Å². The highest BCUT2D eigenvalue weighted by Crippen LogP contribution is 2.35. The molecule has 8 heteroatoms. The Morgan fingerprint density at radius 2 is 0.839 bits per heavy atom. The van der Waals surface area contributed by atoms with Crippen LogP contribution >= 0.6 is 0 Å². The topological polar surface area (TPSA) is 64.3 Å². The Morgan fingerprint density at radius 1 is 0.500 bits per heavy atom. The fourth-order valence-electron chi connectivity index (χ4n) is 6.24. The Kier molecular flexibility index (Phi) is 13.8. The zero-order valence-corrected chi connectivity index (χ0v) is 34.2. The minimum atomic E-state index is -1.87. The first-order valence-corrected chi connectivity index (χ1v) is 19.3. The Bertz CT molecular complexity index is 2830. The number of anilines is 3. The molecular weight excluding hydrogens is 785 g/mol. The molecule has 0 aliphatic heterocycles. The summed E-state index contributed by atoms with van der Waals surface area (Å²) in [7, 11) is 0. The number of nitrogens with zero attached hydrogens (tertiary/aromatic N) is 2. The highest BCUT2D eigenvalue weighted by atomic mass is 19.2. The molecule has 6 rings (SSSR count). The van der Waals surface area contributed by atoms with Crippen molar-refractivity contribution in [2.24, 2.45) is 0 Å². The molecule has 0 saturated heterocycles. The normalized spacial score (nSPS) is 10.8. The van der Waals surface area contributed by atoms with E-state index in [1.807, 2.05) is 48.6 Å². The number of hydrogen-bond acceptors (Lipinski definition) is 3. The van der Waals surface area contributed by atoms with E-state index in [2.05, 4.69) is 129 Å². The fraction of sp³-hybridized carbons (Fsp3) is 0.0741. The van der Waals surface area contributed by atoms with Gasteiger partial charge in [-0.25, -0.2) is 22.4 Å². The maximum Gasteiger partial charge on any atom is 0.346 e. The highest BCUT2D eigenvalue weighted by molar-refractivity contribution is 5.96. The van der Waals surface area contributed by atoms with E-state index in [9.17, 15) is 22.4 Å². The third kappa shape index (κ3) is 10.9. The molecule has 62 heavy (non-hydrogen) atoms. The number of carboxylic acids is 1. The van der Waals surface area contributed by atoms with E-state index in [1.54, 1.807) is 24.3 Å². The number of aliphatic carboxylic acids is 1. The largest absolute Gasteiger partial charge is 0.477 e. The molecule has 0 aliphatic rings. The molecule has 0 unspecified atom stereocenters. The molecular formula is C54H38F4N2O2. The minimum Gasteiger partial charge on any atom is -0.477 e. The van der Waals surface area contributed by atoms with Crippen LogP contribution in [0.3, 0.4) is 0 Å². The van der Waals surface area contributed by atoms with Gasteiger partial charge in [0.1, 0.15) is 17.2 Å². The van der Waals surface area contributed by atoms with Gasteiger partial charge in [-0.15, -0.1) is 0 Å². The number of carbonyl (C=O) groups is 1. The number of rotatable bonds is 9. The summed E-state index contributed by atoms with van der Waals surface area (Å²) in [6.45, 7) is 8.34. The molecule has 0 aliphatic carbocycles. The third-order valence-corrected chi connectivity index (χ3v) is 9.25. The second-order valence-corrected chi connectivity index (χ2v) is 14.6. The van der Waals surface area contributed by atoms with E-state index in [0.717, 1.165) is 50.4 Å². The molecule has 0 aromatic heterocycles. The van der Waals surface area contributed by atoms with Crippen molar-refractivity contribution in [3.8, 4) is 29.8 Å². The van der Waals surface area contributed by atoms with Crippen LogP contribution in [0.2, 0.25) is 0 Å². The van der Waals surface area contributed by atoms with Crippen LogP contribution in [0.15, 0.2) is 138 Å². The van der Waals surface area contributed by atoms with Crippen LogP contribution in [0.4, 0.5) is 34.6 Å². The maximum atomic E-state index is 14.7. The van der Waals surface area contributed by atoms with Gasteiger partial charge in [0, 0.05) is 33.8 Å². The molecule has 0 fully saturated rings. The van der Waals surface area contributed by atoms with Crippen molar-refractivity contribution in [1.29, 1.82) is 5.26 Å². The smallest absolute Gasteiger partial charge is 0.346 e. The Morgan fingerprint density at radius 3 is 1.19 bits per heavy atom. The molecule has 0 amide bonds. The summed E-state index contributed by atoms with van der Waals surface area (Å²) in [4.78, 5) is 13.3. The van der Waals surface area contributed by atoms with Crippen LogP contribution in [0.1, 0.15) is 77.8 Å². The molecule has 0 heterocycles. The number of carboxylic acid groups (broad SMARTS) is 1. The first kappa shape index (κ1) is 43.5. The van der Waals surface area contributed by atoms with E-state index in [1.165, 1.54) is 17.2 Å². The lowest BCUT2D eigenvalue weighted by molar-refractivity contribution is -0.132. The lowest BCUT2D eigenvalue weighted by Gasteiger charge is -2.26. The number of allylic oxidation sites excluding steroid dienone is 2. The standard InChI is InChI=1S/C54H38F4N2O2/c1-35(2)31-42-19-26-46(27-20-42)60(47-28-21-43(22-29-47)32-36(3)4)45-24-17-41(18-25-45)16-13-38-8-5-37(6-9-38)7-10-39-11-14-40(15-12-39)23-30-48-50(55)52(57)49(53(58)51(48)56)33-44(34-59)54(61)62/h5-12,14-15,17-22,24-29,31-33H,1-4H3,(H,61,62)/b10-7+,44-33+. The molecule has 6 aromatic carbocycles. The molecule has 0 spiro atoms. The lowest BCUT2D eigenvalue weighted by Crippen LogP contribution is -2.09. The number of nitriles is 1. The quantitative estimate of drug-likeness (QED) is 0.0394. The predicted octanol–water partition coefficient (Wildman–Crippen LogP) is 13.5. The summed E-state index contributed by atoms with van der Waals surface area (Å²) in [6, 6.07) is 40.7. The van der Waals surface area contributed by atoms with Crippen LogP contribution in [-0.4, -0.2) is 11.1 Å². The van der Waals surface area contributed by atoms with E-state index in [0.29, 0.717) is 5.56 Å². The molecule has 0 atom stereocenters. The van der Waals surface area contributed by atoms with E-state index < -0.39 is 45.9 Å². The van der Waals surface area contributed by atoms with Gasteiger partial charge >= 0.3 is 5.97 Å². The van der Waals surface area contributed by atoms with Crippen molar-refractivity contribution in [3.05, 3.63) is 211 Å². The Hall–Kier alpha value is -8.12. The van der Waals surface area contributed by atoms with Crippen molar-refractivity contribution >= 4 is 53.4 Å². The molecule has 0 radical (unpaired) electrons. The van der Waals surface area contributed by atoms with Crippen LogP contribution in [0.25, 0.3) is 30.4 Å². The molecule has 1 N–H and O–H groups in total. The second kappa shape index (κ2) is 19.8. The first-order chi connectivity index (χ1) is 29.8. The van der Waals surface area contributed by atoms with Gasteiger partial charge in [-0.05, 0) is 129 Å². The van der Waals surface area contributed by atoms with Crippen molar-refractivity contribution in [1.82, 2.24) is 0 Å². The summed E-state index contributed by atoms with van der Waals surface area (Å²) in [5.74, 6) is 1.93. The van der Waals surface area contributed by atoms with Gasteiger partial charge in [-0.3, -0.25) is 0 Å². The molecule has 304 valence electrons. The molecule has 0 saturated carbocycles. The summed E-state index contributed by atoms with van der Waals surface area (Å²) >= 11 is 0. The predicted molar refractivity (Wildman–Crippen MR) is 241 cm³/mol. The summed E-state index contributed by atoms with van der Waals surface area (Å²) in [6.07, 6.45) is 8.30. The van der Waals surface area contributed by atoms with Gasteiger partial charge in [-0.2, -0.15) is 5.26 Å². The maximum absolute atomic E-state index is 14.7. The monoisotopic (exact) mass is 822 g/mol. The van der Waals surface area contributed by atoms with Crippen LogP contribution < -0.4 is 4.90 Å². The summed E-state index contributed by atoms with van der Waals surface area (Å²) in [5, 5.41) is 17.8. The highest BCUT2D eigenvalue weighted by Gasteiger charge is 2.25. The first-order valence-electron chi connectivity index (χ1n) is 19.3. The van der Waals surface area contributed by atoms with Crippen molar-refractivity contribution in [2.75, 3.05) is 4.90 Å². The van der Waals surface area contributed by atoms with Gasteiger partial charge in [0.25, 0.3) is 0 Å². The lowest BCUT2D eigenvalue weighted by atomic mass is 10.0. The SMILES string of the molecule is CC(C)=Cc1ccc(N(c2ccc(C#Cc3ccc(/C=C/c4ccc(C#Cc5c(F)c(F)c(/C=C(\C#N)C(=O)O)c(F)c5F)cc4)cc3)cc2)c2ccc(C=C(C)C)cc2)cc1. The van der Waals surface area contributed by atoms with Crippen molar-refractivity contribution in [3.63, 3.8) is 0 Å². The average molecular weight is 823 g/mol. The number of benzene rings is 6. The zero-order valence-electron chi connectivity index (χ0n) is 34.2. The van der Waals surface area contributed by atoms with Gasteiger partial charge in [0.15, 0.2) is 23.3 Å². The minimum absolute atomic E-state index is 0.223. The van der Waals surface area contributed by atoms with Crippen LogP contribution in [-0.2, 0) is 4.79 Å². The van der Waals surface area contributed by atoms with Crippen LogP contribution in [0, 0.1) is 58.3 Å². The third-order valence-electron chi connectivity index (χ3n) is 9.25. The van der Waals surface area contributed by atoms with E-state index in [-0.39, 0.29) is 6.08 Å². The Labute approximate surface area is 358 Å². The van der Waals surface area contributed by atoms with Gasteiger partial charge in [0.05, 0.1) is 5.56 Å². The van der Waals surface area contributed by atoms with Crippen molar-refractivity contribution in [2.45, 2.75) is 27.7 Å². The summed E-state index contributed by atoms with van der Waals surface area (Å²) in [5.41, 5.74) is 8.00. The Balaban J connectivity index is 1.13. The zero-order chi connectivity index (χ0) is 44.3. The molecule has 4 nitrogen and oxygen atoms in total. The van der Waals surface area contributed by atoms with Gasteiger partial charge in [-0.1, -0.05) is 108 Å². The number of hydrogen-bond donors (Lipinski definition) is 1. The number of halogens is 4. The second-order valence-electron chi connectivity index (χ2n) is 14.6. The van der Waals surface area contributed by atoms with Crippen molar-refractivity contribution < 1.29 is 27.5 Å². The van der Waals surface area contributed by atoms with Gasteiger partial charge in [0.2, 0.25) is 0 Å². The average Bonchev–Trinajstić information content (AvgIpc) is 3.26. The summed E-state index contributed by atoms with van der Waals surface area (Å²) < 4.78 is 58.5.